The Morgan fingerprint density at radius 2 is 2.00 bits per heavy atom. The molecule has 3 aromatic rings. The van der Waals surface area contributed by atoms with Gasteiger partial charge in [0.1, 0.15) is 5.82 Å². The van der Waals surface area contributed by atoms with Crippen molar-refractivity contribution in [3.63, 3.8) is 0 Å². The van der Waals surface area contributed by atoms with Crippen LogP contribution in [0.1, 0.15) is 15.6 Å². The maximum atomic E-state index is 4.46. The van der Waals surface area contributed by atoms with E-state index in [-0.39, 0.29) is 0 Å². The summed E-state index contributed by atoms with van der Waals surface area (Å²) in [5.41, 5.74) is 1.15. The number of fused-ring (bicyclic) bond motifs is 1. The second-order valence-electron chi connectivity index (χ2n) is 4.80. The van der Waals surface area contributed by atoms with Gasteiger partial charge in [0.05, 0.1) is 10.7 Å². The molecule has 3 nitrogen and oxygen atoms in total. The molecular formula is C16H17N3S. The molecule has 20 heavy (non-hydrogen) atoms. The van der Waals surface area contributed by atoms with Gasteiger partial charge in [-0.05, 0) is 25.3 Å². The third-order valence-corrected chi connectivity index (χ3v) is 4.45. The van der Waals surface area contributed by atoms with E-state index in [0.29, 0.717) is 0 Å². The molecule has 0 atom stereocenters. The maximum Gasteiger partial charge on any atom is 0.133 e. The molecule has 0 aliphatic carbocycles. The van der Waals surface area contributed by atoms with E-state index in [1.54, 1.807) is 11.3 Å². The Balaban J connectivity index is 1.73. The van der Waals surface area contributed by atoms with Gasteiger partial charge in [-0.15, -0.1) is 11.3 Å². The molecule has 0 spiro atoms. The molecule has 3 rings (SSSR count). The number of pyridine rings is 1. The van der Waals surface area contributed by atoms with Gasteiger partial charge in [0.2, 0.25) is 0 Å². The lowest BCUT2D eigenvalue weighted by Crippen LogP contribution is -2.06. The van der Waals surface area contributed by atoms with Crippen molar-refractivity contribution in [3.8, 4) is 0 Å². The molecule has 0 radical (unpaired) electrons. The highest BCUT2D eigenvalue weighted by atomic mass is 32.1. The zero-order valence-corrected chi connectivity index (χ0v) is 12.5. The van der Waals surface area contributed by atoms with Gasteiger partial charge in [-0.25, -0.2) is 9.97 Å². The van der Waals surface area contributed by atoms with Crippen molar-refractivity contribution in [2.24, 2.45) is 0 Å². The largest absolute Gasteiger partial charge is 0.369 e. The Morgan fingerprint density at radius 3 is 2.80 bits per heavy atom. The number of hydrogen-bond donors (Lipinski definition) is 1. The van der Waals surface area contributed by atoms with E-state index in [1.807, 2.05) is 18.3 Å². The second-order valence-corrected chi connectivity index (χ2v) is 6.09. The highest BCUT2D eigenvalue weighted by Gasteiger charge is 2.05. The predicted molar refractivity (Wildman–Crippen MR) is 85.5 cm³/mol. The topological polar surface area (TPSA) is 37.8 Å². The van der Waals surface area contributed by atoms with E-state index in [0.717, 1.165) is 29.5 Å². The molecule has 0 saturated carbocycles. The number of nitrogens with one attached hydrogen (secondary N) is 1. The minimum absolute atomic E-state index is 0.878. The van der Waals surface area contributed by atoms with Crippen LogP contribution in [-0.2, 0) is 6.42 Å². The molecule has 2 heterocycles. The van der Waals surface area contributed by atoms with Crippen LogP contribution in [0.2, 0.25) is 0 Å². The Hall–Kier alpha value is -1.94. The number of benzene rings is 1. The standard InChI is InChI=1S/C16H17N3S/c1-11-15(20-12(2)19-11)8-10-18-16-14-6-4-3-5-13(14)7-9-17-16/h3-7,9H,8,10H2,1-2H3,(H,17,18). The average Bonchev–Trinajstić information content (AvgIpc) is 2.77. The van der Waals surface area contributed by atoms with Crippen LogP contribution in [-0.4, -0.2) is 16.5 Å². The summed E-state index contributed by atoms with van der Waals surface area (Å²) >= 11 is 1.78. The zero-order valence-electron chi connectivity index (χ0n) is 11.7. The minimum Gasteiger partial charge on any atom is -0.369 e. The lowest BCUT2D eigenvalue weighted by atomic mass is 10.1. The fourth-order valence-corrected chi connectivity index (χ4v) is 3.30. The number of thiazole rings is 1. The molecule has 0 fully saturated rings. The van der Waals surface area contributed by atoms with E-state index in [1.165, 1.54) is 15.6 Å². The van der Waals surface area contributed by atoms with Crippen molar-refractivity contribution < 1.29 is 0 Å². The first-order valence-corrected chi connectivity index (χ1v) is 7.56. The molecule has 1 N–H and O–H groups in total. The third-order valence-electron chi connectivity index (χ3n) is 3.32. The smallest absolute Gasteiger partial charge is 0.133 e. The third kappa shape index (κ3) is 2.65. The van der Waals surface area contributed by atoms with Gasteiger partial charge in [0, 0.05) is 29.4 Å². The molecule has 2 aromatic heterocycles. The Morgan fingerprint density at radius 1 is 1.15 bits per heavy atom. The van der Waals surface area contributed by atoms with Crippen molar-refractivity contribution in [3.05, 3.63) is 52.1 Å². The molecule has 0 unspecified atom stereocenters. The molecule has 0 bridgehead atoms. The van der Waals surface area contributed by atoms with E-state index in [9.17, 15) is 0 Å². The fraction of sp³-hybridized carbons (Fsp3) is 0.250. The SMILES string of the molecule is Cc1nc(C)c(CCNc2nccc3ccccc23)s1. The average molecular weight is 283 g/mol. The first kappa shape index (κ1) is 13.1. The van der Waals surface area contributed by atoms with Crippen LogP contribution in [0.3, 0.4) is 0 Å². The predicted octanol–water partition coefficient (Wildman–Crippen LogP) is 3.96. The van der Waals surface area contributed by atoms with Crippen LogP contribution in [0.15, 0.2) is 36.5 Å². The summed E-state index contributed by atoms with van der Waals surface area (Å²) < 4.78 is 0. The first-order valence-electron chi connectivity index (χ1n) is 6.74. The molecule has 0 aliphatic rings. The van der Waals surface area contributed by atoms with Crippen LogP contribution < -0.4 is 5.32 Å². The monoisotopic (exact) mass is 283 g/mol. The molecule has 0 amide bonds. The van der Waals surface area contributed by atoms with Crippen LogP contribution in [0.5, 0.6) is 0 Å². The number of anilines is 1. The first-order chi connectivity index (χ1) is 9.74. The fourth-order valence-electron chi connectivity index (χ4n) is 2.36. The van der Waals surface area contributed by atoms with Gasteiger partial charge < -0.3 is 5.32 Å². The number of nitrogens with zero attached hydrogens (tertiary/aromatic N) is 2. The quantitative estimate of drug-likeness (QED) is 0.787. The van der Waals surface area contributed by atoms with E-state index in [2.05, 4.69) is 47.3 Å². The minimum atomic E-state index is 0.878. The van der Waals surface area contributed by atoms with Crippen molar-refractivity contribution in [1.82, 2.24) is 9.97 Å². The van der Waals surface area contributed by atoms with Crippen LogP contribution in [0, 0.1) is 13.8 Å². The molecule has 0 saturated heterocycles. The van der Waals surface area contributed by atoms with Crippen molar-refractivity contribution in [2.75, 3.05) is 11.9 Å². The van der Waals surface area contributed by atoms with Crippen molar-refractivity contribution >= 4 is 27.9 Å². The van der Waals surface area contributed by atoms with Crippen LogP contribution in [0.25, 0.3) is 10.8 Å². The Kier molecular flexibility index (Phi) is 3.65. The number of aryl methyl sites for hydroxylation is 2. The highest BCUT2D eigenvalue weighted by Crippen LogP contribution is 2.21. The van der Waals surface area contributed by atoms with E-state index < -0.39 is 0 Å². The summed E-state index contributed by atoms with van der Waals surface area (Å²) in [6, 6.07) is 10.4. The van der Waals surface area contributed by atoms with E-state index in [4.69, 9.17) is 0 Å². The van der Waals surface area contributed by atoms with Crippen LogP contribution >= 0.6 is 11.3 Å². The number of rotatable bonds is 4. The van der Waals surface area contributed by atoms with Gasteiger partial charge in [-0.3, -0.25) is 0 Å². The van der Waals surface area contributed by atoms with E-state index >= 15 is 0 Å². The summed E-state index contributed by atoms with van der Waals surface area (Å²) in [5, 5.41) is 6.97. The molecule has 0 aliphatic heterocycles. The number of aromatic nitrogens is 2. The van der Waals surface area contributed by atoms with Gasteiger partial charge in [-0.2, -0.15) is 0 Å². The molecular weight excluding hydrogens is 266 g/mol. The zero-order chi connectivity index (χ0) is 13.9. The summed E-state index contributed by atoms with van der Waals surface area (Å²) in [6.07, 6.45) is 2.84. The maximum absolute atomic E-state index is 4.46. The van der Waals surface area contributed by atoms with Gasteiger partial charge in [-0.1, -0.05) is 24.3 Å². The molecule has 102 valence electrons. The Bertz CT molecular complexity index is 728. The summed E-state index contributed by atoms with van der Waals surface area (Å²) in [6.45, 7) is 5.01. The second kappa shape index (κ2) is 5.59. The summed E-state index contributed by atoms with van der Waals surface area (Å²) in [4.78, 5) is 10.3. The molecule has 1 aromatic carbocycles. The van der Waals surface area contributed by atoms with Crippen LogP contribution in [0.4, 0.5) is 5.82 Å². The van der Waals surface area contributed by atoms with Crippen molar-refractivity contribution in [2.45, 2.75) is 20.3 Å². The summed E-state index contributed by atoms with van der Waals surface area (Å²) in [7, 11) is 0. The number of hydrogen-bond acceptors (Lipinski definition) is 4. The Labute approximate surface area is 122 Å². The highest BCUT2D eigenvalue weighted by molar-refractivity contribution is 7.11. The lowest BCUT2D eigenvalue weighted by Gasteiger charge is -2.08. The van der Waals surface area contributed by atoms with Gasteiger partial charge in [0.15, 0.2) is 0 Å². The molecule has 4 heteroatoms. The van der Waals surface area contributed by atoms with Gasteiger partial charge >= 0.3 is 0 Å². The van der Waals surface area contributed by atoms with Crippen molar-refractivity contribution in [1.29, 1.82) is 0 Å². The lowest BCUT2D eigenvalue weighted by molar-refractivity contribution is 1.01. The summed E-state index contributed by atoms with van der Waals surface area (Å²) in [5.74, 6) is 0.960. The van der Waals surface area contributed by atoms with Gasteiger partial charge in [0.25, 0.3) is 0 Å². The normalized spacial score (nSPS) is 10.9.